The Morgan fingerprint density at radius 1 is 1.14 bits per heavy atom. The third kappa shape index (κ3) is 4.77. The Morgan fingerprint density at radius 3 is 2.86 bits per heavy atom. The number of fused-ring (bicyclic) bond motifs is 1. The van der Waals surface area contributed by atoms with Gasteiger partial charge in [0, 0.05) is 39.1 Å². The fourth-order valence-electron chi connectivity index (χ4n) is 3.62. The predicted octanol–water partition coefficient (Wildman–Crippen LogP) is 2.44. The van der Waals surface area contributed by atoms with E-state index in [1.165, 1.54) is 5.56 Å². The quantitative estimate of drug-likeness (QED) is 0.686. The van der Waals surface area contributed by atoms with Gasteiger partial charge in [0.05, 0.1) is 30.1 Å². The molecule has 6 heteroatoms. The second-order valence-corrected chi connectivity index (χ2v) is 7.19. The third-order valence-electron chi connectivity index (χ3n) is 5.11. The predicted molar refractivity (Wildman–Crippen MR) is 109 cm³/mol. The number of morpholine rings is 1. The van der Waals surface area contributed by atoms with Crippen LogP contribution in [-0.2, 0) is 22.6 Å². The molecule has 2 heterocycles. The molecule has 0 unspecified atom stereocenters. The van der Waals surface area contributed by atoms with Gasteiger partial charge >= 0.3 is 0 Å². The van der Waals surface area contributed by atoms with Crippen LogP contribution in [0.4, 0.5) is 0 Å². The zero-order valence-electron chi connectivity index (χ0n) is 16.0. The average Bonchev–Trinajstić information content (AvgIpc) is 3.15. The number of benzene rings is 2. The summed E-state index contributed by atoms with van der Waals surface area (Å²) in [6.07, 6.45) is 2.26. The monoisotopic (exact) mass is 378 g/mol. The highest BCUT2D eigenvalue weighted by atomic mass is 16.5. The van der Waals surface area contributed by atoms with Crippen molar-refractivity contribution in [2.24, 2.45) is 0 Å². The van der Waals surface area contributed by atoms with Crippen LogP contribution in [0, 0.1) is 0 Å². The van der Waals surface area contributed by atoms with Crippen LogP contribution in [0.25, 0.3) is 11.0 Å². The van der Waals surface area contributed by atoms with Crippen LogP contribution in [-0.4, -0.2) is 52.7 Å². The molecule has 6 nitrogen and oxygen atoms in total. The van der Waals surface area contributed by atoms with Crippen molar-refractivity contribution in [3.05, 3.63) is 66.5 Å². The lowest BCUT2D eigenvalue weighted by molar-refractivity contribution is -0.122. The number of carbonyl (C=O) groups excluding carboxylic acids is 1. The Labute approximate surface area is 165 Å². The molecule has 1 N–H and O–H groups in total. The van der Waals surface area contributed by atoms with Gasteiger partial charge in [-0.1, -0.05) is 42.5 Å². The number of hydrogen-bond acceptors (Lipinski definition) is 4. The fourth-order valence-corrected chi connectivity index (χ4v) is 3.62. The number of para-hydroxylation sites is 2. The summed E-state index contributed by atoms with van der Waals surface area (Å²) in [4.78, 5) is 19.0. The molecule has 0 spiro atoms. The summed E-state index contributed by atoms with van der Waals surface area (Å²) in [6, 6.07) is 18.4. The first-order valence-electron chi connectivity index (χ1n) is 9.82. The van der Waals surface area contributed by atoms with E-state index in [9.17, 15) is 4.79 Å². The number of hydrogen-bond donors (Lipinski definition) is 1. The zero-order chi connectivity index (χ0) is 19.2. The summed E-state index contributed by atoms with van der Waals surface area (Å²) in [7, 11) is 0. The third-order valence-corrected chi connectivity index (χ3v) is 5.11. The number of imidazole rings is 1. The van der Waals surface area contributed by atoms with Gasteiger partial charge in [0.15, 0.2) is 0 Å². The van der Waals surface area contributed by atoms with Crippen LogP contribution in [0.3, 0.4) is 0 Å². The van der Waals surface area contributed by atoms with E-state index in [0.29, 0.717) is 26.1 Å². The van der Waals surface area contributed by atoms with E-state index in [1.54, 1.807) is 6.33 Å². The van der Waals surface area contributed by atoms with E-state index >= 15 is 0 Å². The summed E-state index contributed by atoms with van der Waals surface area (Å²) in [5.41, 5.74) is 3.32. The SMILES string of the molecule is O=C(CCn1cnc2ccccc21)NC[C@@H]1CN(Cc2ccccc2)CCO1. The van der Waals surface area contributed by atoms with Gasteiger partial charge < -0.3 is 14.6 Å². The van der Waals surface area contributed by atoms with Crippen molar-refractivity contribution in [1.82, 2.24) is 19.8 Å². The minimum absolute atomic E-state index is 0.0375. The summed E-state index contributed by atoms with van der Waals surface area (Å²) in [5.74, 6) is 0.0431. The lowest BCUT2D eigenvalue weighted by Crippen LogP contribution is -2.47. The summed E-state index contributed by atoms with van der Waals surface area (Å²) in [5, 5.41) is 3.02. The molecule has 28 heavy (non-hydrogen) atoms. The van der Waals surface area contributed by atoms with Crippen molar-refractivity contribution in [2.45, 2.75) is 25.6 Å². The molecule has 0 saturated carbocycles. The molecule has 3 aromatic rings. The number of ether oxygens (including phenoxy) is 1. The molecule has 0 radical (unpaired) electrons. The van der Waals surface area contributed by atoms with Crippen molar-refractivity contribution in [1.29, 1.82) is 0 Å². The van der Waals surface area contributed by atoms with Gasteiger partial charge in [-0.2, -0.15) is 0 Å². The zero-order valence-corrected chi connectivity index (χ0v) is 16.0. The maximum atomic E-state index is 12.3. The van der Waals surface area contributed by atoms with Crippen molar-refractivity contribution < 1.29 is 9.53 Å². The van der Waals surface area contributed by atoms with Gasteiger partial charge in [0.1, 0.15) is 0 Å². The van der Waals surface area contributed by atoms with Gasteiger partial charge in [0.25, 0.3) is 0 Å². The number of aryl methyl sites for hydroxylation is 1. The van der Waals surface area contributed by atoms with Crippen LogP contribution in [0.1, 0.15) is 12.0 Å². The van der Waals surface area contributed by atoms with E-state index in [0.717, 1.165) is 30.7 Å². The average molecular weight is 378 g/mol. The Balaban J connectivity index is 1.22. The highest BCUT2D eigenvalue weighted by Crippen LogP contribution is 2.12. The largest absolute Gasteiger partial charge is 0.374 e. The van der Waals surface area contributed by atoms with Crippen LogP contribution in [0.5, 0.6) is 0 Å². The molecule has 4 rings (SSSR count). The second kappa shape index (κ2) is 8.99. The van der Waals surface area contributed by atoms with Crippen LogP contribution >= 0.6 is 0 Å². The first kappa shape index (κ1) is 18.7. The molecule has 1 fully saturated rings. The number of amides is 1. The minimum Gasteiger partial charge on any atom is -0.374 e. The van der Waals surface area contributed by atoms with Crippen LogP contribution in [0.15, 0.2) is 60.9 Å². The first-order valence-corrected chi connectivity index (χ1v) is 9.82. The molecular formula is C22H26N4O2. The Bertz CT molecular complexity index is 909. The lowest BCUT2D eigenvalue weighted by atomic mass is 10.2. The molecule has 0 aliphatic carbocycles. The topological polar surface area (TPSA) is 59.4 Å². The summed E-state index contributed by atoms with van der Waals surface area (Å²) < 4.78 is 7.85. The van der Waals surface area contributed by atoms with E-state index in [1.807, 2.05) is 34.9 Å². The molecule has 146 valence electrons. The Morgan fingerprint density at radius 2 is 1.96 bits per heavy atom. The number of aromatic nitrogens is 2. The van der Waals surface area contributed by atoms with E-state index in [2.05, 4.69) is 39.5 Å². The molecular weight excluding hydrogens is 352 g/mol. The number of rotatable bonds is 7. The van der Waals surface area contributed by atoms with E-state index < -0.39 is 0 Å². The lowest BCUT2D eigenvalue weighted by Gasteiger charge is -2.33. The van der Waals surface area contributed by atoms with Crippen LogP contribution < -0.4 is 5.32 Å². The van der Waals surface area contributed by atoms with Gasteiger partial charge in [-0.15, -0.1) is 0 Å². The number of nitrogens with one attached hydrogen (secondary N) is 1. The Hall–Kier alpha value is -2.70. The van der Waals surface area contributed by atoms with Gasteiger partial charge in [-0.05, 0) is 17.7 Å². The molecule has 1 amide bonds. The van der Waals surface area contributed by atoms with Crippen molar-refractivity contribution in [2.75, 3.05) is 26.2 Å². The van der Waals surface area contributed by atoms with Crippen LogP contribution in [0.2, 0.25) is 0 Å². The van der Waals surface area contributed by atoms with E-state index in [-0.39, 0.29) is 12.0 Å². The molecule has 1 aliphatic heterocycles. The summed E-state index contributed by atoms with van der Waals surface area (Å²) in [6.45, 7) is 4.55. The first-order chi connectivity index (χ1) is 13.8. The molecule has 2 aromatic carbocycles. The molecule has 1 aromatic heterocycles. The molecule has 1 aliphatic rings. The Kier molecular flexibility index (Phi) is 5.99. The van der Waals surface area contributed by atoms with Gasteiger partial charge in [-0.3, -0.25) is 9.69 Å². The van der Waals surface area contributed by atoms with Gasteiger partial charge in [-0.25, -0.2) is 4.98 Å². The smallest absolute Gasteiger partial charge is 0.221 e. The second-order valence-electron chi connectivity index (χ2n) is 7.19. The van der Waals surface area contributed by atoms with Crippen molar-refractivity contribution in [3.8, 4) is 0 Å². The van der Waals surface area contributed by atoms with Crippen molar-refractivity contribution >= 4 is 16.9 Å². The normalized spacial score (nSPS) is 17.6. The van der Waals surface area contributed by atoms with Crippen molar-refractivity contribution in [3.63, 3.8) is 0 Å². The maximum absolute atomic E-state index is 12.3. The molecule has 1 atom stereocenters. The number of carbonyl (C=O) groups is 1. The minimum atomic E-state index is 0.0375. The van der Waals surface area contributed by atoms with Gasteiger partial charge in [0.2, 0.25) is 5.91 Å². The highest BCUT2D eigenvalue weighted by molar-refractivity contribution is 5.77. The fraction of sp³-hybridized carbons (Fsp3) is 0.364. The highest BCUT2D eigenvalue weighted by Gasteiger charge is 2.21. The maximum Gasteiger partial charge on any atom is 0.221 e. The number of nitrogens with zero attached hydrogens (tertiary/aromatic N) is 3. The van der Waals surface area contributed by atoms with E-state index in [4.69, 9.17) is 4.74 Å². The molecule has 1 saturated heterocycles. The summed E-state index contributed by atoms with van der Waals surface area (Å²) >= 11 is 0. The molecule has 0 bridgehead atoms. The standard InChI is InChI=1S/C22H26N4O2/c27-22(10-11-26-17-24-20-8-4-5-9-21(20)26)23-14-19-16-25(12-13-28-19)15-18-6-2-1-3-7-18/h1-9,17,19H,10-16H2,(H,23,27)/t19-/m1/s1.